The van der Waals surface area contributed by atoms with Crippen LogP contribution in [0.1, 0.15) is 33.4 Å². The van der Waals surface area contributed by atoms with Gasteiger partial charge in [0.1, 0.15) is 33.8 Å². The van der Waals surface area contributed by atoms with E-state index >= 15 is 17.6 Å². The third-order valence-corrected chi connectivity index (χ3v) is 8.98. The molecule has 0 bridgehead atoms. The molecule has 246 valence electrons. The summed E-state index contributed by atoms with van der Waals surface area (Å²) in [6.07, 6.45) is -12.5. The molecule has 0 aliphatic carbocycles. The summed E-state index contributed by atoms with van der Waals surface area (Å²) in [7, 11) is 0. The number of rotatable bonds is 4. The lowest BCUT2D eigenvalue weighted by Crippen LogP contribution is -2.58. The van der Waals surface area contributed by atoms with E-state index in [1.807, 2.05) is 0 Å². The van der Waals surface area contributed by atoms with Gasteiger partial charge in [-0.15, -0.1) is 0 Å². The summed E-state index contributed by atoms with van der Waals surface area (Å²) < 4.78 is 167. The maximum Gasteiger partial charge on any atom is 0.454 e. The summed E-state index contributed by atoms with van der Waals surface area (Å²) in [6.45, 7) is 0. The maximum absolute atomic E-state index is 16.6. The van der Waals surface area contributed by atoms with Crippen molar-refractivity contribution >= 4 is 0 Å². The highest BCUT2D eigenvalue weighted by molar-refractivity contribution is 5.73. The number of halogens is 10. The Hall–Kier alpha value is -5.00. The molecule has 0 aromatic heterocycles. The van der Waals surface area contributed by atoms with Gasteiger partial charge < -0.3 is 9.47 Å². The monoisotopic (exact) mass is 674 g/mol. The highest BCUT2D eigenvalue weighted by Gasteiger charge is 2.76. The van der Waals surface area contributed by atoms with Crippen molar-refractivity contribution in [2.24, 2.45) is 0 Å². The van der Waals surface area contributed by atoms with Crippen molar-refractivity contribution in [2.45, 2.75) is 35.0 Å². The van der Waals surface area contributed by atoms with Gasteiger partial charge in [-0.05, 0) is 29.3 Å². The minimum absolute atomic E-state index is 0.413. The molecule has 0 N–H and O–H groups in total. The van der Waals surface area contributed by atoms with Crippen LogP contribution < -0.4 is 9.47 Å². The van der Waals surface area contributed by atoms with Gasteiger partial charge in [0.25, 0.3) is 0 Å². The van der Waals surface area contributed by atoms with Crippen molar-refractivity contribution in [2.75, 3.05) is 0 Å². The van der Waals surface area contributed by atoms with Gasteiger partial charge in [0.2, 0.25) is 0 Å². The molecule has 2 aliphatic heterocycles. The summed E-state index contributed by atoms with van der Waals surface area (Å²) in [5.74, 6) is -13.5. The predicted octanol–water partition coefficient (Wildman–Crippen LogP) is 11.0. The summed E-state index contributed by atoms with van der Waals surface area (Å²) in [5.41, 5.74) is -11.6. The third kappa shape index (κ3) is 3.94. The van der Waals surface area contributed by atoms with E-state index in [1.165, 1.54) is 60.7 Å². The fourth-order valence-corrected chi connectivity index (χ4v) is 7.04. The standard InChI is InChI=1S/C36H20F10O2/c37-33(38,35(41,42)43)31(21-11-3-1-4-12-21)23-15-7-9-17-27(23)47-29-20-30-26(19-25(29)31)32(22-13-5-2-6-14-22,34(39,40)36(44,45)46)24-16-8-10-18-28(24)48-30/h1-20H. The van der Waals surface area contributed by atoms with Crippen LogP contribution in [-0.2, 0) is 10.8 Å². The predicted molar refractivity (Wildman–Crippen MR) is 154 cm³/mol. The van der Waals surface area contributed by atoms with Gasteiger partial charge in [0.15, 0.2) is 0 Å². The van der Waals surface area contributed by atoms with Crippen LogP contribution in [0.5, 0.6) is 23.0 Å². The van der Waals surface area contributed by atoms with E-state index in [9.17, 15) is 26.3 Å². The fraction of sp³-hybridized carbons (Fsp3) is 0.167. The Morgan fingerprint density at radius 2 is 0.688 bits per heavy atom. The van der Waals surface area contributed by atoms with Crippen molar-refractivity contribution in [1.82, 2.24) is 0 Å². The molecule has 0 saturated carbocycles. The van der Waals surface area contributed by atoms with Gasteiger partial charge in [-0.1, -0.05) is 97.1 Å². The molecular weight excluding hydrogens is 654 g/mol. The Labute approximate surface area is 266 Å². The first-order valence-corrected chi connectivity index (χ1v) is 14.3. The van der Waals surface area contributed by atoms with Crippen LogP contribution in [0, 0.1) is 0 Å². The van der Waals surface area contributed by atoms with E-state index in [4.69, 9.17) is 9.47 Å². The highest BCUT2D eigenvalue weighted by Crippen LogP contribution is 2.67. The first kappa shape index (κ1) is 31.6. The highest BCUT2D eigenvalue weighted by atomic mass is 19.4. The largest absolute Gasteiger partial charge is 0.457 e. The molecule has 0 amide bonds. The average Bonchev–Trinajstić information content (AvgIpc) is 3.05. The van der Waals surface area contributed by atoms with Crippen LogP contribution in [0.2, 0.25) is 0 Å². The quantitative estimate of drug-likeness (QED) is 0.177. The zero-order valence-corrected chi connectivity index (χ0v) is 24.1. The van der Waals surface area contributed by atoms with Crippen LogP contribution in [0.4, 0.5) is 43.9 Å². The molecule has 0 spiro atoms. The zero-order valence-electron chi connectivity index (χ0n) is 24.1. The second-order valence-corrected chi connectivity index (χ2v) is 11.4. The van der Waals surface area contributed by atoms with Gasteiger partial charge in [0, 0.05) is 28.3 Å². The first-order chi connectivity index (χ1) is 22.6. The van der Waals surface area contributed by atoms with E-state index in [0.717, 1.165) is 54.6 Å². The summed E-state index contributed by atoms with van der Waals surface area (Å²) in [6, 6.07) is 22.3. The molecule has 2 atom stereocenters. The van der Waals surface area contributed by atoms with Gasteiger partial charge in [-0.2, -0.15) is 43.9 Å². The second kappa shape index (κ2) is 10.2. The van der Waals surface area contributed by atoms with Crippen LogP contribution in [0.3, 0.4) is 0 Å². The van der Waals surface area contributed by atoms with E-state index < -0.39 is 91.4 Å². The second-order valence-electron chi connectivity index (χ2n) is 11.4. The smallest absolute Gasteiger partial charge is 0.454 e. The zero-order chi connectivity index (χ0) is 34.3. The molecule has 48 heavy (non-hydrogen) atoms. The van der Waals surface area contributed by atoms with E-state index in [1.54, 1.807) is 0 Å². The Bertz CT molecular complexity index is 1880. The summed E-state index contributed by atoms with van der Waals surface area (Å²) >= 11 is 0. The molecular formula is C36H20F10O2. The Morgan fingerprint density at radius 3 is 1.04 bits per heavy atom. The maximum atomic E-state index is 16.6. The van der Waals surface area contributed by atoms with Gasteiger partial charge in [-0.3, -0.25) is 0 Å². The molecule has 5 aromatic carbocycles. The molecule has 0 fully saturated rings. The van der Waals surface area contributed by atoms with Gasteiger partial charge in [0.05, 0.1) is 0 Å². The van der Waals surface area contributed by atoms with E-state index in [0.29, 0.717) is 6.07 Å². The third-order valence-electron chi connectivity index (χ3n) is 8.98. The van der Waals surface area contributed by atoms with Crippen molar-refractivity contribution in [3.05, 3.63) is 155 Å². The van der Waals surface area contributed by atoms with Crippen molar-refractivity contribution in [1.29, 1.82) is 0 Å². The summed E-state index contributed by atoms with van der Waals surface area (Å²) in [5, 5.41) is 0. The number of para-hydroxylation sites is 2. The Balaban J connectivity index is 1.71. The minimum atomic E-state index is -6.25. The molecule has 2 aliphatic rings. The lowest BCUT2D eigenvalue weighted by Gasteiger charge is -2.49. The SMILES string of the molecule is FC(F)(F)C(F)(F)C1(c2ccccc2)c2ccccc2Oc2cc3c(cc21)C(c1ccccc1)(C(F)(F)C(F)(F)F)c1ccccc1O3. The van der Waals surface area contributed by atoms with Crippen molar-refractivity contribution in [3.8, 4) is 23.0 Å². The molecule has 7 rings (SSSR count). The number of hydrogen-bond acceptors (Lipinski definition) is 2. The van der Waals surface area contributed by atoms with Crippen LogP contribution in [0.15, 0.2) is 121 Å². The molecule has 2 heterocycles. The number of ether oxygens (including phenoxy) is 2. The van der Waals surface area contributed by atoms with E-state index in [2.05, 4.69) is 0 Å². The number of alkyl halides is 10. The van der Waals surface area contributed by atoms with Crippen molar-refractivity contribution in [3.63, 3.8) is 0 Å². The molecule has 12 heteroatoms. The van der Waals surface area contributed by atoms with E-state index in [-0.39, 0.29) is 0 Å². The van der Waals surface area contributed by atoms with Crippen LogP contribution in [0.25, 0.3) is 0 Å². The number of benzene rings is 5. The molecule has 0 radical (unpaired) electrons. The molecule has 0 saturated heterocycles. The topological polar surface area (TPSA) is 18.5 Å². The molecule has 5 aromatic rings. The Morgan fingerprint density at radius 1 is 0.354 bits per heavy atom. The normalized spacial score (nSPS) is 20.4. The first-order valence-electron chi connectivity index (χ1n) is 14.3. The Kier molecular flexibility index (Phi) is 6.75. The van der Waals surface area contributed by atoms with Gasteiger partial charge >= 0.3 is 24.2 Å². The average molecular weight is 675 g/mol. The molecule has 2 unspecified atom stereocenters. The van der Waals surface area contributed by atoms with Crippen molar-refractivity contribution < 1.29 is 53.4 Å². The summed E-state index contributed by atoms with van der Waals surface area (Å²) in [4.78, 5) is 0. The number of hydrogen-bond donors (Lipinski definition) is 0. The van der Waals surface area contributed by atoms with Crippen LogP contribution in [-0.4, -0.2) is 24.2 Å². The lowest BCUT2D eigenvalue weighted by atomic mass is 9.59. The minimum Gasteiger partial charge on any atom is -0.457 e. The fourth-order valence-electron chi connectivity index (χ4n) is 7.04. The number of fused-ring (bicyclic) bond motifs is 4. The molecule has 2 nitrogen and oxygen atoms in total. The van der Waals surface area contributed by atoms with Crippen LogP contribution >= 0.6 is 0 Å². The lowest BCUT2D eigenvalue weighted by molar-refractivity contribution is -0.300. The van der Waals surface area contributed by atoms with Gasteiger partial charge in [-0.25, -0.2) is 0 Å².